The van der Waals surface area contributed by atoms with Gasteiger partial charge in [0.25, 0.3) is 5.91 Å². The number of carbonyl (C=O) groups excluding carboxylic acids is 1. The Hall–Kier alpha value is -4.34. The first-order valence-electron chi connectivity index (χ1n) is 9.53. The van der Waals surface area contributed by atoms with E-state index in [0.29, 0.717) is 28.6 Å². The van der Waals surface area contributed by atoms with Gasteiger partial charge in [-0.25, -0.2) is 14.6 Å². The third-order valence-electron chi connectivity index (χ3n) is 4.42. The SMILES string of the molecule is Cc1nc(Nc2ccc(NC(=O)c3cccc(-n4cnnn4)c3)cc2)cc(N(C)C)n1. The smallest absolute Gasteiger partial charge is 0.255 e. The summed E-state index contributed by atoms with van der Waals surface area (Å²) < 4.78 is 1.49. The molecule has 0 unspecified atom stereocenters. The average molecular weight is 415 g/mol. The lowest BCUT2D eigenvalue weighted by Gasteiger charge is -2.14. The number of tetrazole rings is 1. The number of anilines is 4. The normalized spacial score (nSPS) is 10.5. The van der Waals surface area contributed by atoms with Crippen LogP contribution in [0.25, 0.3) is 5.69 Å². The summed E-state index contributed by atoms with van der Waals surface area (Å²) in [6.07, 6.45) is 1.48. The molecule has 2 aromatic heterocycles. The van der Waals surface area contributed by atoms with Gasteiger partial charge in [0.15, 0.2) is 0 Å². The largest absolute Gasteiger partial charge is 0.363 e. The van der Waals surface area contributed by atoms with Crippen LogP contribution in [0.2, 0.25) is 0 Å². The number of nitrogens with one attached hydrogen (secondary N) is 2. The summed E-state index contributed by atoms with van der Waals surface area (Å²) in [6, 6.07) is 16.3. The predicted octanol–water partition coefficient (Wildman–Crippen LogP) is 2.82. The van der Waals surface area contributed by atoms with Crippen LogP contribution in [-0.2, 0) is 0 Å². The van der Waals surface area contributed by atoms with E-state index >= 15 is 0 Å². The summed E-state index contributed by atoms with van der Waals surface area (Å²) in [5.41, 5.74) is 2.73. The number of aryl methyl sites for hydroxylation is 1. The third-order valence-corrected chi connectivity index (χ3v) is 4.42. The highest BCUT2D eigenvalue weighted by Gasteiger charge is 2.09. The summed E-state index contributed by atoms with van der Waals surface area (Å²) >= 11 is 0. The van der Waals surface area contributed by atoms with E-state index in [0.717, 1.165) is 11.5 Å². The molecule has 0 aliphatic carbocycles. The van der Waals surface area contributed by atoms with Gasteiger partial charge in [-0.1, -0.05) is 6.07 Å². The Morgan fingerprint density at radius 1 is 1.00 bits per heavy atom. The highest BCUT2D eigenvalue weighted by molar-refractivity contribution is 6.04. The molecule has 0 fully saturated rings. The van der Waals surface area contributed by atoms with Crippen LogP contribution in [0.3, 0.4) is 0 Å². The summed E-state index contributed by atoms with van der Waals surface area (Å²) in [6.45, 7) is 1.85. The molecule has 31 heavy (non-hydrogen) atoms. The Bertz CT molecular complexity index is 1190. The minimum absolute atomic E-state index is 0.224. The highest BCUT2D eigenvalue weighted by Crippen LogP contribution is 2.21. The van der Waals surface area contributed by atoms with Gasteiger partial charge in [-0.05, 0) is 59.8 Å². The maximum Gasteiger partial charge on any atom is 0.255 e. The van der Waals surface area contributed by atoms with Crippen molar-refractivity contribution >= 4 is 28.9 Å². The van der Waals surface area contributed by atoms with Crippen LogP contribution < -0.4 is 15.5 Å². The molecule has 2 aromatic carbocycles. The van der Waals surface area contributed by atoms with E-state index in [1.807, 2.05) is 62.3 Å². The Labute approximate surface area is 179 Å². The van der Waals surface area contributed by atoms with E-state index in [9.17, 15) is 4.79 Å². The van der Waals surface area contributed by atoms with Crippen LogP contribution in [0.1, 0.15) is 16.2 Å². The molecule has 4 aromatic rings. The first kappa shape index (κ1) is 20.0. The van der Waals surface area contributed by atoms with Crippen LogP contribution >= 0.6 is 0 Å². The molecular weight excluding hydrogens is 394 g/mol. The Morgan fingerprint density at radius 2 is 1.77 bits per heavy atom. The van der Waals surface area contributed by atoms with Crippen molar-refractivity contribution in [3.05, 3.63) is 72.3 Å². The molecule has 0 saturated carbocycles. The molecule has 0 bridgehead atoms. The van der Waals surface area contributed by atoms with Crippen molar-refractivity contribution in [2.24, 2.45) is 0 Å². The second-order valence-corrected chi connectivity index (χ2v) is 7.01. The fourth-order valence-corrected chi connectivity index (χ4v) is 2.90. The van der Waals surface area contributed by atoms with E-state index in [2.05, 4.69) is 36.1 Å². The van der Waals surface area contributed by atoms with E-state index in [1.165, 1.54) is 11.0 Å². The van der Waals surface area contributed by atoms with E-state index in [-0.39, 0.29) is 5.91 Å². The van der Waals surface area contributed by atoms with Gasteiger partial charge >= 0.3 is 0 Å². The fraction of sp³-hybridized carbons (Fsp3) is 0.143. The number of hydrogen-bond acceptors (Lipinski definition) is 8. The van der Waals surface area contributed by atoms with Crippen LogP contribution in [0.5, 0.6) is 0 Å². The minimum atomic E-state index is -0.224. The van der Waals surface area contributed by atoms with Gasteiger partial charge < -0.3 is 15.5 Å². The van der Waals surface area contributed by atoms with Crippen molar-refractivity contribution in [2.45, 2.75) is 6.92 Å². The molecule has 0 radical (unpaired) electrons. The molecule has 2 heterocycles. The van der Waals surface area contributed by atoms with Gasteiger partial charge in [0.1, 0.15) is 23.8 Å². The van der Waals surface area contributed by atoms with Crippen molar-refractivity contribution in [1.29, 1.82) is 0 Å². The van der Waals surface area contributed by atoms with Crippen molar-refractivity contribution in [3.63, 3.8) is 0 Å². The summed E-state index contributed by atoms with van der Waals surface area (Å²) in [5.74, 6) is 1.98. The van der Waals surface area contributed by atoms with Gasteiger partial charge in [-0.2, -0.15) is 0 Å². The predicted molar refractivity (Wildman–Crippen MR) is 118 cm³/mol. The van der Waals surface area contributed by atoms with Crippen molar-refractivity contribution in [2.75, 3.05) is 29.6 Å². The summed E-state index contributed by atoms with van der Waals surface area (Å²) in [4.78, 5) is 23.4. The second kappa shape index (κ2) is 8.57. The number of aromatic nitrogens is 6. The quantitative estimate of drug-likeness (QED) is 0.494. The van der Waals surface area contributed by atoms with Crippen molar-refractivity contribution in [3.8, 4) is 5.69 Å². The van der Waals surface area contributed by atoms with Crippen LogP contribution in [0.15, 0.2) is 60.9 Å². The molecule has 0 atom stereocenters. The molecule has 0 saturated heterocycles. The first-order valence-corrected chi connectivity index (χ1v) is 9.53. The number of benzene rings is 2. The lowest BCUT2D eigenvalue weighted by Crippen LogP contribution is -2.13. The van der Waals surface area contributed by atoms with Gasteiger partial charge in [0, 0.05) is 37.1 Å². The number of nitrogens with zero attached hydrogens (tertiary/aromatic N) is 7. The maximum absolute atomic E-state index is 12.6. The van der Waals surface area contributed by atoms with Gasteiger partial charge in [-0.3, -0.25) is 4.79 Å². The van der Waals surface area contributed by atoms with E-state index in [4.69, 9.17) is 0 Å². The van der Waals surface area contributed by atoms with Gasteiger partial charge in [-0.15, -0.1) is 5.10 Å². The van der Waals surface area contributed by atoms with Gasteiger partial charge in [0.05, 0.1) is 5.69 Å². The van der Waals surface area contributed by atoms with Crippen LogP contribution in [-0.4, -0.2) is 50.2 Å². The molecule has 10 heteroatoms. The lowest BCUT2D eigenvalue weighted by atomic mass is 10.2. The van der Waals surface area contributed by atoms with Crippen LogP contribution in [0.4, 0.5) is 23.0 Å². The van der Waals surface area contributed by atoms with Crippen molar-refractivity contribution < 1.29 is 4.79 Å². The number of hydrogen-bond donors (Lipinski definition) is 2. The maximum atomic E-state index is 12.6. The molecular formula is C21H21N9O. The fourth-order valence-electron chi connectivity index (χ4n) is 2.90. The standard InChI is InChI=1S/C21H21N9O/c1-14-23-19(12-20(24-14)29(2)3)25-16-7-9-17(10-8-16)26-21(31)15-5-4-6-18(11-15)30-13-22-27-28-30/h4-13H,1-3H3,(H,26,31)(H,23,24,25). The van der Waals surface area contributed by atoms with Crippen molar-refractivity contribution in [1.82, 2.24) is 30.2 Å². The topological polar surface area (TPSA) is 114 Å². The molecule has 156 valence electrons. The molecule has 0 aliphatic heterocycles. The molecule has 0 aliphatic rings. The second-order valence-electron chi connectivity index (χ2n) is 7.01. The lowest BCUT2D eigenvalue weighted by molar-refractivity contribution is 0.102. The third kappa shape index (κ3) is 4.81. The molecule has 10 nitrogen and oxygen atoms in total. The number of amides is 1. The van der Waals surface area contributed by atoms with Crippen LogP contribution in [0, 0.1) is 6.92 Å². The Kier molecular flexibility index (Phi) is 5.52. The molecule has 2 N–H and O–H groups in total. The zero-order valence-electron chi connectivity index (χ0n) is 17.3. The summed E-state index contributed by atoms with van der Waals surface area (Å²) in [7, 11) is 3.86. The number of carbonyl (C=O) groups is 1. The van der Waals surface area contributed by atoms with E-state index < -0.39 is 0 Å². The number of rotatable bonds is 6. The zero-order chi connectivity index (χ0) is 21.8. The zero-order valence-corrected chi connectivity index (χ0v) is 17.3. The summed E-state index contributed by atoms with van der Waals surface area (Å²) in [5, 5.41) is 17.2. The Balaban J connectivity index is 1.44. The molecule has 4 rings (SSSR count). The highest BCUT2D eigenvalue weighted by atomic mass is 16.1. The molecule has 1 amide bonds. The minimum Gasteiger partial charge on any atom is -0.363 e. The monoisotopic (exact) mass is 415 g/mol. The van der Waals surface area contributed by atoms with Gasteiger partial charge in [0.2, 0.25) is 0 Å². The average Bonchev–Trinajstić information content (AvgIpc) is 3.30. The first-order chi connectivity index (χ1) is 15.0. The Morgan fingerprint density at radius 3 is 2.48 bits per heavy atom. The van der Waals surface area contributed by atoms with E-state index in [1.54, 1.807) is 18.2 Å². The molecule has 0 spiro atoms.